The van der Waals surface area contributed by atoms with Crippen LogP contribution >= 0.6 is 15.9 Å². The van der Waals surface area contributed by atoms with Crippen LogP contribution in [-0.4, -0.2) is 24.1 Å². The molecule has 1 aromatic carbocycles. The second-order valence-corrected chi connectivity index (χ2v) is 4.49. The van der Waals surface area contributed by atoms with Gasteiger partial charge in [-0.3, -0.25) is 0 Å². The fraction of sp³-hybridized carbons (Fsp3) is 0.167. The van der Waals surface area contributed by atoms with Gasteiger partial charge < -0.3 is 9.64 Å². The maximum Gasteiger partial charge on any atom is 0.223 e. The van der Waals surface area contributed by atoms with E-state index in [4.69, 9.17) is 4.74 Å². The van der Waals surface area contributed by atoms with Gasteiger partial charge in [-0.1, -0.05) is 6.07 Å². The molecule has 17 heavy (non-hydrogen) atoms. The van der Waals surface area contributed by atoms with E-state index >= 15 is 0 Å². The molecule has 0 unspecified atom stereocenters. The molecule has 2 aromatic rings. The molecule has 2 rings (SSSR count). The summed E-state index contributed by atoms with van der Waals surface area (Å²) in [5, 5.41) is 0. The first kappa shape index (κ1) is 11.9. The van der Waals surface area contributed by atoms with Crippen LogP contribution in [0.25, 0.3) is 0 Å². The summed E-state index contributed by atoms with van der Waals surface area (Å²) >= 11 is 3.27. The van der Waals surface area contributed by atoms with Crippen molar-refractivity contribution >= 4 is 21.6 Å². The van der Waals surface area contributed by atoms with E-state index in [1.807, 2.05) is 43.3 Å². The van der Waals surface area contributed by atoms with Crippen molar-refractivity contribution in [3.05, 3.63) is 41.3 Å². The Bertz CT molecular complexity index is 517. The number of rotatable bonds is 3. The van der Waals surface area contributed by atoms with Gasteiger partial charge in [0.05, 0.1) is 0 Å². The summed E-state index contributed by atoms with van der Waals surface area (Å²) in [5.41, 5.74) is 1.08. The zero-order valence-corrected chi connectivity index (χ0v) is 11.2. The third-order valence-electron chi connectivity index (χ3n) is 2.17. The van der Waals surface area contributed by atoms with Gasteiger partial charge in [-0.05, 0) is 28.1 Å². The molecule has 4 nitrogen and oxygen atoms in total. The Hall–Kier alpha value is -1.62. The number of hydrogen-bond acceptors (Lipinski definition) is 4. The Morgan fingerprint density at radius 2 is 2.00 bits per heavy atom. The molecule has 0 fully saturated rings. The van der Waals surface area contributed by atoms with E-state index in [-0.39, 0.29) is 0 Å². The van der Waals surface area contributed by atoms with Crippen LogP contribution in [0.15, 0.2) is 41.3 Å². The quantitative estimate of drug-likeness (QED) is 0.815. The number of ether oxygens (including phenoxy) is 1. The van der Waals surface area contributed by atoms with Gasteiger partial charge in [0, 0.05) is 31.9 Å². The lowest BCUT2D eigenvalue weighted by atomic mass is 10.3. The van der Waals surface area contributed by atoms with Crippen LogP contribution in [0.5, 0.6) is 11.6 Å². The van der Waals surface area contributed by atoms with Gasteiger partial charge in [0.2, 0.25) is 5.88 Å². The largest absolute Gasteiger partial charge is 0.439 e. The Balaban J connectivity index is 2.21. The smallest absolute Gasteiger partial charge is 0.223 e. The van der Waals surface area contributed by atoms with Gasteiger partial charge >= 0.3 is 0 Å². The van der Waals surface area contributed by atoms with Gasteiger partial charge in [-0.15, -0.1) is 0 Å². The van der Waals surface area contributed by atoms with E-state index in [2.05, 4.69) is 25.9 Å². The lowest BCUT2D eigenvalue weighted by molar-refractivity contribution is 0.461. The number of halogens is 1. The number of aromatic nitrogens is 2. The van der Waals surface area contributed by atoms with Crippen molar-refractivity contribution in [2.45, 2.75) is 0 Å². The van der Waals surface area contributed by atoms with Gasteiger partial charge in [0.25, 0.3) is 0 Å². The maximum atomic E-state index is 5.64. The Kier molecular flexibility index (Phi) is 3.58. The Morgan fingerprint density at radius 1 is 1.18 bits per heavy atom. The lowest BCUT2D eigenvalue weighted by Gasteiger charge is -2.13. The standard InChI is InChI=1S/C12H12BrN3O/c1-16(2)9-4-3-5-10(6-9)17-12-7-11(13)14-8-15-12/h3-8H,1-2H3. The summed E-state index contributed by atoms with van der Waals surface area (Å²) in [5.74, 6) is 1.27. The first-order chi connectivity index (χ1) is 8.15. The molecule has 0 aliphatic carbocycles. The van der Waals surface area contributed by atoms with Crippen molar-refractivity contribution in [2.24, 2.45) is 0 Å². The first-order valence-electron chi connectivity index (χ1n) is 5.08. The summed E-state index contributed by atoms with van der Waals surface area (Å²) in [7, 11) is 3.97. The lowest BCUT2D eigenvalue weighted by Crippen LogP contribution is -2.08. The van der Waals surface area contributed by atoms with E-state index in [0.29, 0.717) is 10.5 Å². The minimum Gasteiger partial charge on any atom is -0.439 e. The fourth-order valence-corrected chi connectivity index (χ4v) is 1.61. The predicted octanol–water partition coefficient (Wildman–Crippen LogP) is 3.10. The van der Waals surface area contributed by atoms with Gasteiger partial charge in [-0.25, -0.2) is 9.97 Å². The molecule has 0 atom stereocenters. The van der Waals surface area contributed by atoms with Crippen LogP contribution in [0.4, 0.5) is 5.69 Å². The average molecular weight is 294 g/mol. The van der Waals surface area contributed by atoms with Gasteiger partial charge in [0.15, 0.2) is 0 Å². The van der Waals surface area contributed by atoms with Crippen LogP contribution in [0.2, 0.25) is 0 Å². The highest BCUT2D eigenvalue weighted by Crippen LogP contribution is 2.24. The molecule has 1 heterocycles. The van der Waals surface area contributed by atoms with Gasteiger partial charge in [-0.2, -0.15) is 0 Å². The Morgan fingerprint density at radius 3 is 2.71 bits per heavy atom. The van der Waals surface area contributed by atoms with Crippen molar-refractivity contribution in [1.82, 2.24) is 9.97 Å². The normalized spacial score (nSPS) is 10.1. The summed E-state index contributed by atoms with van der Waals surface area (Å²) in [4.78, 5) is 9.99. The van der Waals surface area contributed by atoms with Gasteiger partial charge in [0.1, 0.15) is 16.7 Å². The van der Waals surface area contributed by atoms with Crippen LogP contribution in [0.3, 0.4) is 0 Å². The number of anilines is 1. The second-order valence-electron chi connectivity index (χ2n) is 3.67. The third kappa shape index (κ3) is 3.17. The predicted molar refractivity (Wildman–Crippen MR) is 70.6 cm³/mol. The SMILES string of the molecule is CN(C)c1cccc(Oc2cc(Br)ncn2)c1. The topological polar surface area (TPSA) is 38.2 Å². The van der Waals surface area contributed by atoms with E-state index in [0.717, 1.165) is 11.4 Å². The molecule has 0 bridgehead atoms. The number of hydrogen-bond donors (Lipinski definition) is 0. The van der Waals surface area contributed by atoms with Crippen LogP contribution < -0.4 is 9.64 Å². The highest BCUT2D eigenvalue weighted by Gasteiger charge is 2.02. The first-order valence-corrected chi connectivity index (χ1v) is 5.87. The molecule has 1 aromatic heterocycles. The van der Waals surface area contributed by atoms with Crippen molar-refractivity contribution in [3.63, 3.8) is 0 Å². The van der Waals surface area contributed by atoms with Crippen molar-refractivity contribution in [1.29, 1.82) is 0 Å². The van der Waals surface area contributed by atoms with Crippen molar-refractivity contribution < 1.29 is 4.74 Å². The molecular weight excluding hydrogens is 282 g/mol. The molecule has 0 amide bonds. The summed E-state index contributed by atoms with van der Waals surface area (Å²) in [6.45, 7) is 0. The monoisotopic (exact) mass is 293 g/mol. The highest BCUT2D eigenvalue weighted by molar-refractivity contribution is 9.10. The molecule has 0 radical (unpaired) electrons. The number of nitrogens with zero attached hydrogens (tertiary/aromatic N) is 3. The maximum absolute atomic E-state index is 5.64. The summed E-state index contributed by atoms with van der Waals surface area (Å²) in [6.07, 6.45) is 1.45. The minimum absolute atomic E-state index is 0.516. The van der Waals surface area contributed by atoms with Crippen molar-refractivity contribution in [2.75, 3.05) is 19.0 Å². The van der Waals surface area contributed by atoms with Crippen LogP contribution in [-0.2, 0) is 0 Å². The molecule has 5 heteroatoms. The minimum atomic E-state index is 0.516. The average Bonchev–Trinajstić information content (AvgIpc) is 2.29. The summed E-state index contributed by atoms with van der Waals surface area (Å²) < 4.78 is 6.34. The molecule has 0 aliphatic rings. The van der Waals surface area contributed by atoms with Crippen LogP contribution in [0, 0.1) is 0 Å². The van der Waals surface area contributed by atoms with Crippen molar-refractivity contribution in [3.8, 4) is 11.6 Å². The molecule has 88 valence electrons. The molecule has 0 aliphatic heterocycles. The zero-order chi connectivity index (χ0) is 12.3. The fourth-order valence-electron chi connectivity index (χ4n) is 1.32. The third-order valence-corrected chi connectivity index (χ3v) is 2.60. The van der Waals surface area contributed by atoms with E-state index in [9.17, 15) is 0 Å². The second kappa shape index (κ2) is 5.14. The molecular formula is C12H12BrN3O. The molecule has 0 spiro atoms. The Labute approximate surface area is 108 Å². The van der Waals surface area contributed by atoms with E-state index in [1.165, 1.54) is 6.33 Å². The zero-order valence-electron chi connectivity index (χ0n) is 9.59. The molecule has 0 saturated carbocycles. The highest BCUT2D eigenvalue weighted by atomic mass is 79.9. The van der Waals surface area contributed by atoms with E-state index in [1.54, 1.807) is 6.07 Å². The molecule has 0 N–H and O–H groups in total. The number of benzene rings is 1. The van der Waals surface area contributed by atoms with E-state index < -0.39 is 0 Å². The summed E-state index contributed by atoms with van der Waals surface area (Å²) in [6, 6.07) is 9.53. The van der Waals surface area contributed by atoms with Crippen LogP contribution in [0.1, 0.15) is 0 Å². The molecule has 0 saturated heterocycles.